The molecule has 136 valence electrons. The van der Waals surface area contributed by atoms with Crippen LogP contribution in [0.15, 0.2) is 33.7 Å². The van der Waals surface area contributed by atoms with Crippen LogP contribution in [0.25, 0.3) is 11.0 Å². The van der Waals surface area contributed by atoms with Crippen LogP contribution in [0, 0.1) is 6.92 Å². The summed E-state index contributed by atoms with van der Waals surface area (Å²) < 4.78 is 7.93. The number of rotatable bonds is 3. The Kier molecular flexibility index (Phi) is 4.36. The van der Waals surface area contributed by atoms with Crippen LogP contribution in [0.5, 0.6) is 0 Å². The number of benzene rings is 1. The van der Waals surface area contributed by atoms with Crippen LogP contribution in [0.2, 0.25) is 0 Å². The first-order valence-corrected chi connectivity index (χ1v) is 9.18. The molecule has 1 aromatic carbocycles. The number of hydrogen-bond acceptors (Lipinski definition) is 5. The molecule has 0 atom stereocenters. The molecule has 4 rings (SSSR count). The van der Waals surface area contributed by atoms with Crippen LogP contribution in [0.3, 0.4) is 0 Å². The average Bonchev–Trinajstić information content (AvgIpc) is 2.93. The summed E-state index contributed by atoms with van der Waals surface area (Å²) in [6, 6.07) is 5.73. The first-order valence-electron chi connectivity index (χ1n) is 9.18. The number of aryl methyl sites for hydroxylation is 1. The van der Waals surface area contributed by atoms with Crippen LogP contribution >= 0.6 is 0 Å². The highest BCUT2D eigenvalue weighted by Crippen LogP contribution is 2.18. The molecule has 26 heavy (non-hydrogen) atoms. The van der Waals surface area contributed by atoms with Gasteiger partial charge < -0.3 is 8.98 Å². The summed E-state index contributed by atoms with van der Waals surface area (Å²) in [5.41, 5.74) is 2.50. The van der Waals surface area contributed by atoms with E-state index >= 15 is 0 Å². The molecule has 6 nitrogen and oxygen atoms in total. The lowest BCUT2D eigenvalue weighted by molar-refractivity contribution is 0.267. The summed E-state index contributed by atoms with van der Waals surface area (Å²) in [6.07, 6.45) is 2.46. The predicted molar refractivity (Wildman–Crippen MR) is 100 cm³/mol. The molecular formula is C20H24N4O2. The fourth-order valence-corrected chi connectivity index (χ4v) is 3.61. The van der Waals surface area contributed by atoms with Gasteiger partial charge in [0.05, 0.1) is 11.6 Å². The zero-order chi connectivity index (χ0) is 18.3. The van der Waals surface area contributed by atoms with Crippen molar-refractivity contribution in [1.82, 2.24) is 19.7 Å². The number of fused-ring (bicyclic) bond motifs is 2. The van der Waals surface area contributed by atoms with Gasteiger partial charge in [-0.25, -0.2) is 0 Å². The Morgan fingerprint density at radius 2 is 2.04 bits per heavy atom. The summed E-state index contributed by atoms with van der Waals surface area (Å²) >= 11 is 0. The first-order chi connectivity index (χ1) is 12.5. The first kappa shape index (κ1) is 17.0. The number of nitrogens with zero attached hydrogens (tertiary/aromatic N) is 4. The summed E-state index contributed by atoms with van der Waals surface area (Å²) in [4.78, 5) is 15.1. The Labute approximate surface area is 152 Å². The minimum atomic E-state index is 0.0708. The van der Waals surface area contributed by atoms with Crippen molar-refractivity contribution >= 4 is 11.0 Å². The molecule has 0 spiro atoms. The third-order valence-electron chi connectivity index (χ3n) is 5.06. The van der Waals surface area contributed by atoms with Crippen LogP contribution < -0.4 is 5.43 Å². The monoisotopic (exact) mass is 352 g/mol. The third kappa shape index (κ3) is 3.05. The van der Waals surface area contributed by atoms with Gasteiger partial charge in [0, 0.05) is 44.1 Å². The van der Waals surface area contributed by atoms with Crippen LogP contribution in [0.4, 0.5) is 0 Å². The molecule has 1 aliphatic heterocycles. The predicted octanol–water partition coefficient (Wildman–Crippen LogP) is 2.87. The van der Waals surface area contributed by atoms with Crippen molar-refractivity contribution < 1.29 is 4.42 Å². The highest BCUT2D eigenvalue weighted by Gasteiger charge is 2.21. The zero-order valence-electron chi connectivity index (χ0n) is 15.5. The van der Waals surface area contributed by atoms with Crippen molar-refractivity contribution in [2.75, 3.05) is 13.1 Å². The topological polar surface area (TPSA) is 64.2 Å². The summed E-state index contributed by atoms with van der Waals surface area (Å²) in [5.74, 6) is 2.44. The van der Waals surface area contributed by atoms with Crippen molar-refractivity contribution in [3.63, 3.8) is 0 Å². The summed E-state index contributed by atoms with van der Waals surface area (Å²) in [6.45, 7) is 9.46. The van der Waals surface area contributed by atoms with E-state index in [-0.39, 0.29) is 5.43 Å². The Morgan fingerprint density at radius 3 is 2.85 bits per heavy atom. The molecular weight excluding hydrogens is 328 g/mol. The summed E-state index contributed by atoms with van der Waals surface area (Å²) in [7, 11) is 0. The minimum Gasteiger partial charge on any atom is -0.464 e. The molecule has 0 saturated carbocycles. The lowest BCUT2D eigenvalue weighted by Gasteiger charge is -2.19. The molecule has 3 aromatic rings. The zero-order valence-corrected chi connectivity index (χ0v) is 15.5. The van der Waals surface area contributed by atoms with Crippen LogP contribution in [0.1, 0.15) is 42.5 Å². The van der Waals surface area contributed by atoms with Gasteiger partial charge in [0.15, 0.2) is 5.43 Å². The molecule has 6 heteroatoms. The molecule has 0 N–H and O–H groups in total. The molecule has 0 fully saturated rings. The lowest BCUT2D eigenvalue weighted by atomic mass is 10.1. The fraction of sp³-hybridized carbons (Fsp3) is 0.450. The standard InChI is InChI=1S/C20H24N4O2/c1-13(2)20-22-21-18-6-7-23(8-9-24(18)20)11-15-12-26-17-5-4-14(3)10-16(17)19(15)25/h4-5,10,12-13H,6-9,11H2,1-3H3. The molecule has 1 aliphatic rings. The van der Waals surface area contributed by atoms with Crippen molar-refractivity contribution in [2.45, 2.75) is 46.2 Å². The van der Waals surface area contributed by atoms with Gasteiger partial charge in [0.1, 0.15) is 17.2 Å². The molecule has 2 aromatic heterocycles. The second kappa shape index (κ2) is 6.68. The molecule has 0 bridgehead atoms. The minimum absolute atomic E-state index is 0.0708. The van der Waals surface area contributed by atoms with Crippen molar-refractivity contribution in [1.29, 1.82) is 0 Å². The molecule has 3 heterocycles. The van der Waals surface area contributed by atoms with Gasteiger partial charge in [-0.15, -0.1) is 10.2 Å². The second-order valence-corrected chi connectivity index (χ2v) is 7.40. The van der Waals surface area contributed by atoms with E-state index in [1.165, 1.54) is 0 Å². The Balaban J connectivity index is 1.56. The normalized spacial score (nSPS) is 15.4. The van der Waals surface area contributed by atoms with Crippen LogP contribution in [-0.4, -0.2) is 32.8 Å². The van der Waals surface area contributed by atoms with Gasteiger partial charge in [-0.05, 0) is 19.1 Å². The highest BCUT2D eigenvalue weighted by molar-refractivity contribution is 5.77. The van der Waals surface area contributed by atoms with Crippen LogP contribution in [-0.2, 0) is 19.5 Å². The van der Waals surface area contributed by atoms with E-state index in [1.807, 2.05) is 25.1 Å². The van der Waals surface area contributed by atoms with Gasteiger partial charge in [0.25, 0.3) is 0 Å². The van der Waals surface area contributed by atoms with E-state index in [4.69, 9.17) is 4.42 Å². The Hall–Kier alpha value is -2.47. The van der Waals surface area contributed by atoms with Crippen molar-refractivity contribution in [3.8, 4) is 0 Å². The second-order valence-electron chi connectivity index (χ2n) is 7.40. The van der Waals surface area contributed by atoms with Gasteiger partial charge in [-0.3, -0.25) is 9.69 Å². The maximum atomic E-state index is 12.8. The van der Waals surface area contributed by atoms with E-state index in [1.54, 1.807) is 6.26 Å². The molecule has 0 aliphatic carbocycles. The summed E-state index contributed by atoms with van der Waals surface area (Å²) in [5, 5.41) is 9.35. The van der Waals surface area contributed by atoms with E-state index < -0.39 is 0 Å². The van der Waals surface area contributed by atoms with E-state index in [9.17, 15) is 4.79 Å². The van der Waals surface area contributed by atoms with Gasteiger partial charge in [-0.1, -0.05) is 25.5 Å². The molecule has 0 amide bonds. The average molecular weight is 352 g/mol. The van der Waals surface area contributed by atoms with Gasteiger partial charge in [-0.2, -0.15) is 0 Å². The highest BCUT2D eigenvalue weighted by atomic mass is 16.3. The Morgan fingerprint density at radius 1 is 1.19 bits per heavy atom. The molecule has 0 saturated heterocycles. The van der Waals surface area contributed by atoms with Gasteiger partial charge >= 0.3 is 0 Å². The maximum Gasteiger partial charge on any atom is 0.197 e. The SMILES string of the molecule is Cc1ccc2occ(CN3CCc4nnc(C(C)C)n4CC3)c(=O)c2c1. The number of aromatic nitrogens is 3. The van der Waals surface area contributed by atoms with E-state index in [0.29, 0.717) is 29.0 Å². The molecule has 0 unspecified atom stereocenters. The Bertz CT molecular complexity index is 1000. The van der Waals surface area contributed by atoms with E-state index in [2.05, 4.69) is 33.5 Å². The quantitative estimate of drug-likeness (QED) is 0.725. The largest absolute Gasteiger partial charge is 0.464 e. The number of hydrogen-bond donors (Lipinski definition) is 0. The molecule has 0 radical (unpaired) electrons. The maximum absolute atomic E-state index is 12.8. The fourth-order valence-electron chi connectivity index (χ4n) is 3.61. The van der Waals surface area contributed by atoms with Gasteiger partial charge in [0.2, 0.25) is 0 Å². The van der Waals surface area contributed by atoms with E-state index in [0.717, 1.165) is 43.3 Å². The third-order valence-corrected chi connectivity index (χ3v) is 5.06. The van der Waals surface area contributed by atoms with Crippen molar-refractivity contribution in [3.05, 3.63) is 57.5 Å². The van der Waals surface area contributed by atoms with Crippen molar-refractivity contribution in [2.24, 2.45) is 0 Å². The lowest BCUT2D eigenvalue weighted by Crippen LogP contribution is -2.29. The smallest absolute Gasteiger partial charge is 0.197 e.